The molecule has 0 unspecified atom stereocenters. The third-order valence-electron chi connectivity index (χ3n) is 3.88. The first-order chi connectivity index (χ1) is 13.3. The molecule has 0 aliphatic carbocycles. The number of alkyl halides is 1. The van der Waals surface area contributed by atoms with Gasteiger partial charge < -0.3 is 19.5 Å². The molecule has 5 heteroatoms. The fraction of sp³-hybridized carbons (Fsp3) is 0.364. The number of anilines is 1. The molecule has 0 aromatic heterocycles. The second kappa shape index (κ2) is 12.9. The van der Waals surface area contributed by atoms with Crippen molar-refractivity contribution in [3.8, 4) is 5.75 Å². The maximum atomic E-state index is 11.8. The van der Waals surface area contributed by atoms with Gasteiger partial charge in [-0.25, -0.2) is 4.39 Å². The number of rotatable bonds is 13. The van der Waals surface area contributed by atoms with Gasteiger partial charge in [0, 0.05) is 12.7 Å². The minimum atomic E-state index is -0.460. The normalized spacial score (nSPS) is 11.0. The molecule has 1 N–H and O–H groups in total. The van der Waals surface area contributed by atoms with Crippen molar-refractivity contribution in [3.63, 3.8) is 0 Å². The molecule has 2 aromatic rings. The molecule has 0 fully saturated rings. The minimum Gasteiger partial charge on any atom is -0.491 e. The average Bonchev–Trinajstić information content (AvgIpc) is 2.71. The van der Waals surface area contributed by atoms with Gasteiger partial charge in [-0.2, -0.15) is 0 Å². The summed E-state index contributed by atoms with van der Waals surface area (Å²) >= 11 is 0. The molecular formula is C22H28FNO3. The predicted molar refractivity (Wildman–Crippen MR) is 108 cm³/mol. The Kier molecular flexibility index (Phi) is 10.0. The van der Waals surface area contributed by atoms with E-state index in [1.54, 1.807) is 0 Å². The summed E-state index contributed by atoms with van der Waals surface area (Å²) in [6, 6.07) is 16.4. The summed E-state index contributed by atoms with van der Waals surface area (Å²) in [5.41, 5.74) is 3.52. The molecule has 0 saturated heterocycles. The van der Waals surface area contributed by atoms with Gasteiger partial charge in [0.05, 0.1) is 26.4 Å². The van der Waals surface area contributed by atoms with Crippen molar-refractivity contribution in [2.24, 2.45) is 0 Å². The van der Waals surface area contributed by atoms with Crippen molar-refractivity contribution >= 4 is 11.8 Å². The lowest BCUT2D eigenvalue weighted by molar-refractivity contribution is 0.0325. The van der Waals surface area contributed by atoms with Crippen LogP contribution in [0, 0.1) is 0 Å². The lowest BCUT2D eigenvalue weighted by Gasteiger charge is -2.08. The zero-order valence-electron chi connectivity index (χ0n) is 15.8. The lowest BCUT2D eigenvalue weighted by atomic mass is 10.1. The van der Waals surface area contributed by atoms with Gasteiger partial charge in [-0.3, -0.25) is 0 Å². The number of benzene rings is 2. The summed E-state index contributed by atoms with van der Waals surface area (Å²) in [6.07, 6.45) is 5.15. The van der Waals surface area contributed by atoms with Crippen LogP contribution in [0.1, 0.15) is 11.1 Å². The SMILES string of the molecule is CNc1ccc(/C=C/Cc2ccc(OCCOCCOCC[18F])cc2)cc1. The van der Waals surface area contributed by atoms with E-state index < -0.39 is 6.67 Å². The van der Waals surface area contributed by atoms with Gasteiger partial charge in [-0.1, -0.05) is 36.4 Å². The van der Waals surface area contributed by atoms with Gasteiger partial charge in [-0.05, 0) is 41.8 Å². The van der Waals surface area contributed by atoms with E-state index in [0.717, 1.165) is 17.9 Å². The van der Waals surface area contributed by atoms with Gasteiger partial charge in [0.2, 0.25) is 0 Å². The van der Waals surface area contributed by atoms with Crippen LogP contribution in [0.3, 0.4) is 0 Å². The second-order valence-corrected chi connectivity index (χ2v) is 5.88. The van der Waals surface area contributed by atoms with Gasteiger partial charge in [0.25, 0.3) is 0 Å². The maximum Gasteiger partial charge on any atom is 0.119 e. The van der Waals surface area contributed by atoms with Crippen LogP contribution >= 0.6 is 0 Å². The first-order valence-corrected chi connectivity index (χ1v) is 9.19. The number of hydrogen-bond donors (Lipinski definition) is 1. The second-order valence-electron chi connectivity index (χ2n) is 5.88. The molecule has 0 amide bonds. The quantitative estimate of drug-likeness (QED) is 0.530. The zero-order chi connectivity index (χ0) is 19.2. The van der Waals surface area contributed by atoms with Crippen molar-refractivity contribution in [3.05, 3.63) is 65.7 Å². The Morgan fingerprint density at radius 2 is 1.52 bits per heavy atom. The van der Waals surface area contributed by atoms with Crippen molar-refractivity contribution < 1.29 is 18.6 Å². The number of ether oxygens (including phenoxy) is 3. The third-order valence-corrected chi connectivity index (χ3v) is 3.88. The number of allylic oxidation sites excluding steroid dienone is 1. The van der Waals surface area contributed by atoms with E-state index in [1.807, 2.05) is 19.2 Å². The summed E-state index contributed by atoms with van der Waals surface area (Å²) < 4.78 is 27.8. The third kappa shape index (κ3) is 8.71. The van der Waals surface area contributed by atoms with Crippen LogP contribution in [-0.4, -0.2) is 46.8 Å². The molecule has 0 heterocycles. The molecule has 0 radical (unpaired) electrons. The smallest absolute Gasteiger partial charge is 0.119 e. The fourth-order valence-corrected chi connectivity index (χ4v) is 2.41. The Balaban J connectivity index is 1.63. The maximum absolute atomic E-state index is 11.8. The highest BCUT2D eigenvalue weighted by atomic mass is 18.2. The van der Waals surface area contributed by atoms with E-state index in [9.17, 15) is 4.39 Å². The van der Waals surface area contributed by atoms with Crippen LogP contribution in [0.25, 0.3) is 6.08 Å². The molecule has 4 nitrogen and oxygen atoms in total. The van der Waals surface area contributed by atoms with Crippen LogP contribution in [0.2, 0.25) is 0 Å². The molecule has 2 rings (SSSR count). The zero-order valence-corrected chi connectivity index (χ0v) is 15.8. The van der Waals surface area contributed by atoms with E-state index in [4.69, 9.17) is 14.2 Å². The highest BCUT2D eigenvalue weighted by molar-refractivity contribution is 5.55. The monoisotopic (exact) mass is 372 g/mol. The Morgan fingerprint density at radius 3 is 2.19 bits per heavy atom. The van der Waals surface area contributed by atoms with Gasteiger partial charge in [0.1, 0.15) is 19.0 Å². The first-order valence-electron chi connectivity index (χ1n) is 9.19. The van der Waals surface area contributed by atoms with Gasteiger partial charge in [0.15, 0.2) is 0 Å². The number of halogens is 1. The molecule has 0 spiro atoms. The summed E-state index contributed by atoms with van der Waals surface area (Å²) in [6.45, 7) is 1.49. The van der Waals surface area contributed by atoms with E-state index >= 15 is 0 Å². The van der Waals surface area contributed by atoms with Crippen LogP contribution in [-0.2, 0) is 15.9 Å². The highest BCUT2D eigenvalue weighted by Gasteiger charge is 1.96. The van der Waals surface area contributed by atoms with Crippen molar-refractivity contribution in [1.82, 2.24) is 0 Å². The summed E-state index contributed by atoms with van der Waals surface area (Å²) in [7, 11) is 1.91. The Morgan fingerprint density at radius 1 is 0.852 bits per heavy atom. The molecule has 146 valence electrons. The number of nitrogens with one attached hydrogen (secondary N) is 1. The summed E-state index contributed by atoms with van der Waals surface area (Å²) in [4.78, 5) is 0. The van der Waals surface area contributed by atoms with Gasteiger partial charge >= 0.3 is 0 Å². The van der Waals surface area contributed by atoms with Crippen molar-refractivity contribution in [2.45, 2.75) is 6.42 Å². The van der Waals surface area contributed by atoms with E-state index in [-0.39, 0.29) is 6.61 Å². The minimum absolute atomic E-state index is 0.129. The standard InChI is InChI=1S/C22H28FNO3/c1-24-21-9-5-19(6-10-21)3-2-4-20-7-11-22(12-8-20)27-18-17-26-16-15-25-14-13-23/h2-3,5-12,24H,4,13-18H2,1H3/b3-2+/i23-1. The molecule has 2 aromatic carbocycles. The fourth-order valence-electron chi connectivity index (χ4n) is 2.41. The van der Waals surface area contributed by atoms with Crippen LogP contribution in [0.4, 0.5) is 10.1 Å². The largest absolute Gasteiger partial charge is 0.491 e. The summed E-state index contributed by atoms with van der Waals surface area (Å²) in [5.74, 6) is 0.822. The Bertz CT molecular complexity index is 656. The van der Waals surface area contributed by atoms with Crippen LogP contribution < -0.4 is 10.1 Å². The van der Waals surface area contributed by atoms with E-state index in [0.29, 0.717) is 26.4 Å². The molecule has 27 heavy (non-hydrogen) atoms. The molecule has 0 aliphatic heterocycles. The highest BCUT2D eigenvalue weighted by Crippen LogP contribution is 2.14. The lowest BCUT2D eigenvalue weighted by Crippen LogP contribution is -2.11. The Hall–Kier alpha value is -2.37. The molecule has 0 aliphatic rings. The van der Waals surface area contributed by atoms with Gasteiger partial charge in [-0.15, -0.1) is 0 Å². The molecular weight excluding hydrogens is 344 g/mol. The van der Waals surface area contributed by atoms with Crippen molar-refractivity contribution in [2.75, 3.05) is 52.1 Å². The molecule has 0 saturated carbocycles. The van der Waals surface area contributed by atoms with E-state index in [1.165, 1.54) is 11.1 Å². The molecule has 0 atom stereocenters. The topological polar surface area (TPSA) is 39.7 Å². The van der Waals surface area contributed by atoms with Crippen LogP contribution in [0.15, 0.2) is 54.6 Å². The van der Waals surface area contributed by atoms with E-state index in [2.05, 4.69) is 53.9 Å². The van der Waals surface area contributed by atoms with Crippen LogP contribution in [0.5, 0.6) is 5.75 Å². The predicted octanol–water partition coefficient (Wildman–Crippen LogP) is 4.37. The summed E-state index contributed by atoms with van der Waals surface area (Å²) in [5, 5.41) is 3.11. The first kappa shape index (κ1) is 20.9. The number of hydrogen-bond acceptors (Lipinski definition) is 4. The average molecular weight is 372 g/mol. The molecule has 0 bridgehead atoms. The van der Waals surface area contributed by atoms with Crippen molar-refractivity contribution in [1.29, 1.82) is 0 Å². The Labute approximate surface area is 161 Å².